The number of hydrogen-bond donors (Lipinski definition) is 3. The summed E-state index contributed by atoms with van der Waals surface area (Å²) in [6.45, 7) is 0.101. The van der Waals surface area contributed by atoms with Crippen molar-refractivity contribution in [3.8, 4) is 5.75 Å². The number of aromatic hydroxyl groups is 1. The monoisotopic (exact) mass is 259 g/mol. The lowest BCUT2D eigenvalue weighted by Crippen LogP contribution is -2.26. The number of aliphatic hydroxyl groups is 1. The Morgan fingerprint density at radius 1 is 1.50 bits per heavy atom. The first-order valence-corrected chi connectivity index (χ1v) is 4.82. The lowest BCUT2D eigenvalue weighted by Gasteiger charge is -2.04. The second-order valence-electron chi connectivity index (χ2n) is 2.65. The number of nitrogens with one attached hydrogen (secondary N) is 1. The third-order valence-electron chi connectivity index (χ3n) is 1.61. The molecule has 0 fully saturated rings. The van der Waals surface area contributed by atoms with E-state index in [0.717, 1.165) is 0 Å². The van der Waals surface area contributed by atoms with Gasteiger partial charge in [-0.05, 0) is 34.1 Å². The fraction of sp³-hybridized carbons (Fsp3) is 0.222. The molecular weight excluding hydrogens is 250 g/mol. The van der Waals surface area contributed by atoms with Gasteiger partial charge in [-0.25, -0.2) is 0 Å². The van der Waals surface area contributed by atoms with E-state index in [1.165, 1.54) is 6.07 Å². The van der Waals surface area contributed by atoms with E-state index in [1.54, 1.807) is 12.1 Å². The van der Waals surface area contributed by atoms with Gasteiger partial charge in [0.1, 0.15) is 5.75 Å². The molecule has 0 atom stereocenters. The molecule has 0 radical (unpaired) electrons. The first-order valence-electron chi connectivity index (χ1n) is 4.02. The molecule has 3 N–H and O–H groups in total. The highest BCUT2D eigenvalue weighted by atomic mass is 79.9. The molecule has 0 aliphatic carbocycles. The van der Waals surface area contributed by atoms with Crippen LogP contribution in [0.25, 0.3) is 0 Å². The normalized spacial score (nSPS) is 9.86. The van der Waals surface area contributed by atoms with Gasteiger partial charge in [0.2, 0.25) is 0 Å². The molecule has 0 aliphatic rings. The van der Waals surface area contributed by atoms with Crippen LogP contribution >= 0.6 is 15.9 Å². The van der Waals surface area contributed by atoms with E-state index < -0.39 is 0 Å². The van der Waals surface area contributed by atoms with Crippen LogP contribution in [0.2, 0.25) is 0 Å². The van der Waals surface area contributed by atoms with Gasteiger partial charge in [0.15, 0.2) is 0 Å². The van der Waals surface area contributed by atoms with E-state index in [2.05, 4.69) is 21.2 Å². The van der Waals surface area contributed by atoms with Gasteiger partial charge in [0, 0.05) is 12.1 Å². The Morgan fingerprint density at radius 3 is 2.79 bits per heavy atom. The predicted molar refractivity (Wildman–Crippen MR) is 55.2 cm³/mol. The van der Waals surface area contributed by atoms with Crippen LogP contribution in [0.1, 0.15) is 10.4 Å². The molecule has 1 amide bonds. The Labute approximate surface area is 89.7 Å². The van der Waals surface area contributed by atoms with Crippen molar-refractivity contribution in [2.24, 2.45) is 0 Å². The van der Waals surface area contributed by atoms with Crippen molar-refractivity contribution >= 4 is 21.8 Å². The van der Waals surface area contributed by atoms with Gasteiger partial charge < -0.3 is 15.5 Å². The van der Waals surface area contributed by atoms with E-state index in [4.69, 9.17) is 5.11 Å². The minimum absolute atomic E-state index is 0.0154. The fourth-order valence-corrected chi connectivity index (χ4v) is 1.17. The molecule has 0 spiro atoms. The van der Waals surface area contributed by atoms with Crippen LogP contribution in [0.3, 0.4) is 0 Å². The highest BCUT2D eigenvalue weighted by Gasteiger charge is 2.06. The van der Waals surface area contributed by atoms with Crippen LogP contribution in [0.15, 0.2) is 22.7 Å². The highest BCUT2D eigenvalue weighted by molar-refractivity contribution is 9.10. The lowest BCUT2D eigenvalue weighted by atomic mass is 10.2. The number of halogens is 1. The quantitative estimate of drug-likeness (QED) is 0.755. The smallest absolute Gasteiger partial charge is 0.251 e. The maximum atomic E-state index is 11.3. The molecule has 0 heterocycles. The summed E-state index contributed by atoms with van der Waals surface area (Å²) in [5.74, 6) is -0.302. The standard InChI is InChI=1S/C9H10BrNO3/c10-7-2-1-6(5-8(7)13)9(14)11-3-4-12/h1-2,5,12-13H,3-4H2,(H,11,14). The number of phenols is 1. The minimum atomic E-state index is -0.318. The van der Waals surface area contributed by atoms with Gasteiger partial charge in [-0.1, -0.05) is 0 Å². The van der Waals surface area contributed by atoms with Gasteiger partial charge in [-0.3, -0.25) is 4.79 Å². The Hall–Kier alpha value is -1.07. The highest BCUT2D eigenvalue weighted by Crippen LogP contribution is 2.24. The third kappa shape index (κ3) is 2.71. The number of hydrogen-bond acceptors (Lipinski definition) is 3. The fourth-order valence-electron chi connectivity index (χ4n) is 0.925. The van der Waals surface area contributed by atoms with Gasteiger partial charge in [-0.2, -0.15) is 0 Å². The molecule has 76 valence electrons. The van der Waals surface area contributed by atoms with Crippen molar-refractivity contribution in [1.82, 2.24) is 5.32 Å². The molecule has 4 nitrogen and oxygen atoms in total. The Balaban J connectivity index is 2.76. The van der Waals surface area contributed by atoms with Crippen LogP contribution < -0.4 is 5.32 Å². The van der Waals surface area contributed by atoms with E-state index in [-0.39, 0.29) is 24.8 Å². The molecule has 0 bridgehead atoms. The van der Waals surface area contributed by atoms with Crippen LogP contribution in [-0.4, -0.2) is 29.3 Å². The van der Waals surface area contributed by atoms with Gasteiger partial charge in [-0.15, -0.1) is 0 Å². The summed E-state index contributed by atoms with van der Waals surface area (Å²) >= 11 is 3.11. The largest absolute Gasteiger partial charge is 0.507 e. The van der Waals surface area contributed by atoms with Crippen molar-refractivity contribution in [3.63, 3.8) is 0 Å². The predicted octanol–water partition coefficient (Wildman–Crippen LogP) is 0.877. The molecule has 1 aromatic rings. The molecular formula is C9H10BrNO3. The molecule has 0 saturated heterocycles. The summed E-state index contributed by atoms with van der Waals surface area (Å²) in [6.07, 6.45) is 0. The Bertz CT molecular complexity index is 341. The molecule has 0 saturated carbocycles. The van der Waals surface area contributed by atoms with E-state index in [9.17, 15) is 9.90 Å². The minimum Gasteiger partial charge on any atom is -0.507 e. The number of carbonyl (C=O) groups is 1. The van der Waals surface area contributed by atoms with Crippen LogP contribution in [0, 0.1) is 0 Å². The summed E-state index contributed by atoms with van der Waals surface area (Å²) in [4.78, 5) is 11.3. The topological polar surface area (TPSA) is 69.6 Å². The maximum absolute atomic E-state index is 11.3. The number of aliphatic hydroxyl groups excluding tert-OH is 1. The number of rotatable bonds is 3. The van der Waals surface area contributed by atoms with E-state index in [0.29, 0.717) is 10.0 Å². The summed E-state index contributed by atoms with van der Waals surface area (Å²) in [5, 5.41) is 20.3. The van der Waals surface area contributed by atoms with Gasteiger partial charge in [0.25, 0.3) is 5.91 Å². The molecule has 14 heavy (non-hydrogen) atoms. The Morgan fingerprint density at radius 2 is 2.21 bits per heavy atom. The summed E-state index contributed by atoms with van der Waals surface area (Å²) in [6, 6.07) is 4.52. The average molecular weight is 260 g/mol. The van der Waals surface area contributed by atoms with Crippen molar-refractivity contribution in [2.75, 3.05) is 13.2 Å². The maximum Gasteiger partial charge on any atom is 0.251 e. The number of phenolic OH excluding ortho intramolecular Hbond substituents is 1. The third-order valence-corrected chi connectivity index (χ3v) is 2.28. The first-order chi connectivity index (χ1) is 6.65. The zero-order valence-electron chi connectivity index (χ0n) is 7.33. The second kappa shape index (κ2) is 4.97. The van der Waals surface area contributed by atoms with E-state index >= 15 is 0 Å². The number of amides is 1. The second-order valence-corrected chi connectivity index (χ2v) is 3.50. The zero-order valence-corrected chi connectivity index (χ0v) is 8.91. The SMILES string of the molecule is O=C(NCCO)c1ccc(Br)c(O)c1. The van der Waals surface area contributed by atoms with Crippen molar-refractivity contribution in [1.29, 1.82) is 0 Å². The summed E-state index contributed by atoms with van der Waals surface area (Å²) in [5.41, 5.74) is 0.360. The molecule has 1 rings (SSSR count). The van der Waals surface area contributed by atoms with Crippen molar-refractivity contribution in [3.05, 3.63) is 28.2 Å². The van der Waals surface area contributed by atoms with Crippen molar-refractivity contribution in [2.45, 2.75) is 0 Å². The Kier molecular flexibility index (Phi) is 3.91. The molecule has 1 aromatic carbocycles. The average Bonchev–Trinajstić information content (AvgIpc) is 2.18. The number of carbonyl (C=O) groups excluding carboxylic acids is 1. The molecule has 0 aliphatic heterocycles. The van der Waals surface area contributed by atoms with Crippen LogP contribution in [-0.2, 0) is 0 Å². The molecule has 5 heteroatoms. The van der Waals surface area contributed by atoms with Crippen LogP contribution in [0.4, 0.5) is 0 Å². The van der Waals surface area contributed by atoms with E-state index in [1.807, 2.05) is 0 Å². The van der Waals surface area contributed by atoms with Gasteiger partial charge in [0.05, 0.1) is 11.1 Å². The van der Waals surface area contributed by atoms with Gasteiger partial charge >= 0.3 is 0 Å². The van der Waals surface area contributed by atoms with Crippen molar-refractivity contribution < 1.29 is 15.0 Å². The summed E-state index contributed by atoms with van der Waals surface area (Å²) in [7, 11) is 0. The first kappa shape index (κ1) is 11.0. The number of benzene rings is 1. The van der Waals surface area contributed by atoms with Crippen LogP contribution in [0.5, 0.6) is 5.75 Å². The zero-order chi connectivity index (χ0) is 10.6. The molecule has 0 aromatic heterocycles. The molecule has 0 unspecified atom stereocenters. The lowest BCUT2D eigenvalue weighted by molar-refractivity contribution is 0.0944. The summed E-state index contributed by atoms with van der Waals surface area (Å²) < 4.78 is 0.538.